The summed E-state index contributed by atoms with van der Waals surface area (Å²) in [6.45, 7) is 6.10. The second-order valence-electron chi connectivity index (χ2n) is 8.05. The molecule has 1 atom stereocenters. The number of aliphatic carboxylic acids is 1. The summed E-state index contributed by atoms with van der Waals surface area (Å²) >= 11 is 1.65. The Morgan fingerprint density at radius 1 is 1.23 bits per heavy atom. The van der Waals surface area contributed by atoms with E-state index in [0.717, 1.165) is 41.5 Å². The predicted molar refractivity (Wildman–Crippen MR) is 121 cm³/mol. The van der Waals surface area contributed by atoms with E-state index in [9.17, 15) is 19.8 Å². The summed E-state index contributed by atoms with van der Waals surface area (Å²) in [7, 11) is 0. The number of fused-ring (bicyclic) bond motifs is 3. The molecule has 0 saturated carbocycles. The zero-order chi connectivity index (χ0) is 21.6. The van der Waals surface area contributed by atoms with Crippen LogP contribution < -0.4 is 5.56 Å². The number of carbonyl (C=O) groups is 1. The lowest BCUT2D eigenvalue weighted by Gasteiger charge is -2.21. The first-order valence-electron chi connectivity index (χ1n) is 10.6. The standard InChI is InChI=1S/C24H27NO4S/c1-4-14(24(28)29)20-19(15-11-10-13(3)12-17(15)26)21-16-8-6-7-9-18(16)30-23(21)25(5-2)22(20)27/h10-12,14,26H,4-9H2,1-3H3,(H,28,29). The molecule has 1 aliphatic rings. The summed E-state index contributed by atoms with van der Waals surface area (Å²) in [5.41, 5.74) is 3.34. The average molecular weight is 426 g/mol. The summed E-state index contributed by atoms with van der Waals surface area (Å²) in [5, 5.41) is 21.7. The Labute approximate surface area is 179 Å². The van der Waals surface area contributed by atoms with E-state index in [-0.39, 0.29) is 11.3 Å². The van der Waals surface area contributed by atoms with Crippen molar-refractivity contribution in [3.8, 4) is 16.9 Å². The van der Waals surface area contributed by atoms with E-state index in [1.807, 2.05) is 26.0 Å². The van der Waals surface area contributed by atoms with Crippen molar-refractivity contribution in [2.24, 2.45) is 0 Å². The minimum Gasteiger partial charge on any atom is -0.507 e. The normalized spacial score (nSPS) is 14.6. The number of carboxylic acid groups (broad SMARTS) is 1. The highest BCUT2D eigenvalue weighted by Gasteiger charge is 2.32. The van der Waals surface area contributed by atoms with Gasteiger partial charge in [0.15, 0.2) is 0 Å². The van der Waals surface area contributed by atoms with Gasteiger partial charge in [-0.1, -0.05) is 19.1 Å². The van der Waals surface area contributed by atoms with Gasteiger partial charge in [0.1, 0.15) is 10.6 Å². The molecule has 1 unspecified atom stereocenters. The molecule has 0 radical (unpaired) electrons. The van der Waals surface area contributed by atoms with Crippen molar-refractivity contribution < 1.29 is 15.0 Å². The van der Waals surface area contributed by atoms with E-state index < -0.39 is 11.9 Å². The second kappa shape index (κ2) is 7.91. The van der Waals surface area contributed by atoms with Crippen LogP contribution >= 0.6 is 11.3 Å². The van der Waals surface area contributed by atoms with E-state index in [1.165, 1.54) is 10.4 Å². The molecule has 1 aromatic carbocycles. The molecule has 2 aromatic heterocycles. The summed E-state index contributed by atoms with van der Waals surface area (Å²) in [4.78, 5) is 28.0. The summed E-state index contributed by atoms with van der Waals surface area (Å²) in [5.74, 6) is -1.84. The first-order valence-corrected chi connectivity index (χ1v) is 11.4. The van der Waals surface area contributed by atoms with Crippen molar-refractivity contribution in [3.05, 3.63) is 50.1 Å². The number of phenolic OH excluding ortho intramolecular Hbond substituents is 1. The van der Waals surface area contributed by atoms with Crippen LogP contribution in [0.15, 0.2) is 23.0 Å². The molecule has 0 amide bonds. The molecule has 30 heavy (non-hydrogen) atoms. The van der Waals surface area contributed by atoms with E-state index in [0.29, 0.717) is 29.7 Å². The fraction of sp³-hybridized carbons (Fsp3) is 0.417. The molecule has 0 saturated heterocycles. The number of phenols is 1. The van der Waals surface area contributed by atoms with Crippen molar-refractivity contribution in [2.45, 2.75) is 65.3 Å². The van der Waals surface area contributed by atoms with Crippen molar-refractivity contribution >= 4 is 27.5 Å². The Morgan fingerprint density at radius 2 is 1.97 bits per heavy atom. The molecule has 5 nitrogen and oxygen atoms in total. The van der Waals surface area contributed by atoms with Crippen LogP contribution in [0.1, 0.15) is 60.6 Å². The van der Waals surface area contributed by atoms with Crippen LogP contribution in [-0.4, -0.2) is 20.7 Å². The van der Waals surface area contributed by atoms with Crippen LogP contribution in [-0.2, 0) is 24.2 Å². The molecule has 6 heteroatoms. The smallest absolute Gasteiger partial charge is 0.311 e. The number of hydrogen-bond acceptors (Lipinski definition) is 4. The Hall–Kier alpha value is -2.60. The maximum absolute atomic E-state index is 13.6. The van der Waals surface area contributed by atoms with Gasteiger partial charge in [-0.05, 0) is 63.1 Å². The Kier molecular flexibility index (Phi) is 5.45. The molecule has 1 aliphatic carbocycles. The second-order valence-corrected chi connectivity index (χ2v) is 9.13. The maximum atomic E-state index is 13.6. The van der Waals surface area contributed by atoms with Gasteiger partial charge in [0.2, 0.25) is 0 Å². The van der Waals surface area contributed by atoms with Crippen LogP contribution in [0.5, 0.6) is 5.75 Å². The molecule has 3 aromatic rings. The first kappa shape index (κ1) is 20.7. The predicted octanol–water partition coefficient (Wildman–Crippen LogP) is 5.22. The third kappa shape index (κ3) is 3.14. The third-order valence-electron chi connectivity index (χ3n) is 6.19. The number of aromatic hydroxyl groups is 1. The monoisotopic (exact) mass is 425 g/mol. The highest BCUT2D eigenvalue weighted by molar-refractivity contribution is 7.19. The third-order valence-corrected chi connectivity index (χ3v) is 7.50. The average Bonchev–Trinajstić information content (AvgIpc) is 3.08. The first-order chi connectivity index (χ1) is 14.4. The van der Waals surface area contributed by atoms with Crippen molar-refractivity contribution in [1.29, 1.82) is 0 Å². The number of carboxylic acids is 1. The highest BCUT2D eigenvalue weighted by Crippen LogP contribution is 2.46. The van der Waals surface area contributed by atoms with Gasteiger partial charge in [-0.2, -0.15) is 0 Å². The molecule has 2 heterocycles. The molecular formula is C24H27NO4S. The SMILES string of the molecule is CCC(C(=O)O)c1c(-c2ccc(C)cc2O)c2c3c(sc2n(CC)c1=O)CCCC3. The van der Waals surface area contributed by atoms with Crippen LogP contribution in [0.4, 0.5) is 0 Å². The largest absolute Gasteiger partial charge is 0.507 e. The Balaban J connectivity index is 2.24. The molecule has 0 spiro atoms. The van der Waals surface area contributed by atoms with E-state index in [4.69, 9.17) is 0 Å². The van der Waals surface area contributed by atoms with Gasteiger partial charge in [-0.15, -0.1) is 11.3 Å². The Bertz CT molecular complexity index is 1200. The summed E-state index contributed by atoms with van der Waals surface area (Å²) in [6.07, 6.45) is 4.42. The Morgan fingerprint density at radius 3 is 2.60 bits per heavy atom. The van der Waals surface area contributed by atoms with Gasteiger partial charge < -0.3 is 10.2 Å². The molecule has 4 rings (SSSR count). The van der Waals surface area contributed by atoms with Gasteiger partial charge in [-0.3, -0.25) is 14.2 Å². The van der Waals surface area contributed by atoms with Crippen molar-refractivity contribution in [1.82, 2.24) is 4.57 Å². The number of benzene rings is 1. The zero-order valence-corrected chi connectivity index (χ0v) is 18.4. The number of nitrogens with zero attached hydrogens (tertiary/aromatic N) is 1. The minimum absolute atomic E-state index is 0.0854. The molecule has 0 aliphatic heterocycles. The lowest BCUT2D eigenvalue weighted by molar-refractivity contribution is -0.138. The summed E-state index contributed by atoms with van der Waals surface area (Å²) < 4.78 is 1.73. The summed E-state index contributed by atoms with van der Waals surface area (Å²) in [6, 6.07) is 5.40. The van der Waals surface area contributed by atoms with Gasteiger partial charge in [0.05, 0.1) is 5.92 Å². The van der Waals surface area contributed by atoms with E-state index >= 15 is 0 Å². The van der Waals surface area contributed by atoms with Crippen LogP contribution in [0.25, 0.3) is 21.3 Å². The van der Waals surface area contributed by atoms with Gasteiger partial charge in [0.25, 0.3) is 5.56 Å². The highest BCUT2D eigenvalue weighted by atomic mass is 32.1. The van der Waals surface area contributed by atoms with Gasteiger partial charge >= 0.3 is 5.97 Å². The van der Waals surface area contributed by atoms with Crippen LogP contribution in [0.3, 0.4) is 0 Å². The van der Waals surface area contributed by atoms with E-state index in [2.05, 4.69) is 0 Å². The minimum atomic E-state index is -1.01. The lowest BCUT2D eigenvalue weighted by Crippen LogP contribution is -2.29. The van der Waals surface area contributed by atoms with Crippen LogP contribution in [0, 0.1) is 6.92 Å². The van der Waals surface area contributed by atoms with Gasteiger partial charge in [0, 0.05) is 33.5 Å². The fourth-order valence-electron chi connectivity index (χ4n) is 4.72. The van der Waals surface area contributed by atoms with Crippen molar-refractivity contribution in [2.75, 3.05) is 0 Å². The number of hydrogen-bond donors (Lipinski definition) is 2. The quantitative estimate of drug-likeness (QED) is 0.587. The maximum Gasteiger partial charge on any atom is 0.311 e. The number of rotatable bonds is 5. The van der Waals surface area contributed by atoms with Crippen molar-refractivity contribution in [3.63, 3.8) is 0 Å². The molecule has 0 fully saturated rings. The molecule has 158 valence electrons. The van der Waals surface area contributed by atoms with Gasteiger partial charge in [-0.25, -0.2) is 0 Å². The van der Waals surface area contributed by atoms with E-state index in [1.54, 1.807) is 28.9 Å². The van der Waals surface area contributed by atoms with Crippen LogP contribution in [0.2, 0.25) is 0 Å². The molecule has 2 N–H and O–H groups in total. The fourth-order valence-corrected chi connectivity index (χ4v) is 6.18. The number of thiophene rings is 1. The number of aromatic nitrogens is 1. The number of pyridine rings is 1. The topological polar surface area (TPSA) is 79.5 Å². The number of aryl methyl sites for hydroxylation is 4. The zero-order valence-electron chi connectivity index (χ0n) is 17.6. The molecule has 0 bridgehead atoms. The molecular weight excluding hydrogens is 398 g/mol. The lowest BCUT2D eigenvalue weighted by atomic mass is 9.85.